The van der Waals surface area contributed by atoms with E-state index in [9.17, 15) is 4.79 Å². The first-order valence-corrected chi connectivity index (χ1v) is 12.4. The minimum absolute atomic E-state index is 0.252. The standard InChI is InChI=1S/C26H32N8O/c1-14(2)23-24(19-11-34-26(28-13-29-34)16(4)15(19)3)30-20-5-6-22(31-25(20)23)33-10-18-9-17(33)7-8-32(18)12-21(27)35/h5-6,11,13-14,17-18,30H,7-10,12H2,1-4H3,(H2,27,35)/t17-,18+/m1/s1. The molecule has 2 saturated heterocycles. The van der Waals surface area contributed by atoms with E-state index in [-0.39, 0.29) is 11.8 Å². The second-order valence-electron chi connectivity index (χ2n) is 10.4. The van der Waals surface area contributed by atoms with Gasteiger partial charge in [-0.25, -0.2) is 14.5 Å². The van der Waals surface area contributed by atoms with Crippen molar-refractivity contribution in [1.82, 2.24) is 29.5 Å². The molecule has 9 nitrogen and oxygen atoms in total. The summed E-state index contributed by atoms with van der Waals surface area (Å²) in [4.78, 5) is 29.5. The average Bonchev–Trinajstić information content (AvgIpc) is 3.52. The normalized spacial score (nSPS) is 20.5. The predicted molar refractivity (Wildman–Crippen MR) is 137 cm³/mol. The number of nitrogens with zero attached hydrogens (tertiary/aromatic N) is 6. The number of likely N-dealkylation sites (tertiary alicyclic amines) is 1. The van der Waals surface area contributed by atoms with Crippen LogP contribution in [0, 0.1) is 13.8 Å². The molecule has 6 heterocycles. The number of hydrogen-bond acceptors (Lipinski definition) is 6. The Hall–Kier alpha value is -3.46. The summed E-state index contributed by atoms with van der Waals surface area (Å²) in [6.07, 6.45) is 5.75. The number of aromatic amines is 1. The number of anilines is 1. The van der Waals surface area contributed by atoms with E-state index in [1.54, 1.807) is 6.33 Å². The highest BCUT2D eigenvalue weighted by atomic mass is 16.1. The van der Waals surface area contributed by atoms with Crippen LogP contribution < -0.4 is 10.6 Å². The number of fused-ring (bicyclic) bond motifs is 4. The maximum absolute atomic E-state index is 11.5. The first-order chi connectivity index (χ1) is 16.8. The number of pyridine rings is 2. The zero-order chi connectivity index (χ0) is 24.4. The lowest BCUT2D eigenvalue weighted by Crippen LogP contribution is -2.44. The van der Waals surface area contributed by atoms with E-state index in [1.165, 1.54) is 11.1 Å². The molecular formula is C26H32N8O. The minimum atomic E-state index is -0.252. The van der Waals surface area contributed by atoms with Gasteiger partial charge in [-0.2, -0.15) is 5.10 Å². The minimum Gasteiger partial charge on any atom is -0.369 e. The Balaban J connectivity index is 1.43. The van der Waals surface area contributed by atoms with E-state index in [0.29, 0.717) is 18.6 Å². The molecule has 6 rings (SSSR count). The summed E-state index contributed by atoms with van der Waals surface area (Å²) < 4.78 is 1.86. The molecule has 0 aromatic carbocycles. The number of H-pyrrole nitrogens is 1. The molecule has 182 valence electrons. The van der Waals surface area contributed by atoms with Crippen molar-refractivity contribution >= 4 is 28.4 Å². The Morgan fingerprint density at radius 3 is 2.83 bits per heavy atom. The fraction of sp³-hybridized carbons (Fsp3) is 0.462. The van der Waals surface area contributed by atoms with Gasteiger partial charge in [-0.1, -0.05) is 13.8 Å². The van der Waals surface area contributed by atoms with Crippen molar-refractivity contribution in [3.8, 4) is 11.3 Å². The third kappa shape index (κ3) is 3.48. The van der Waals surface area contributed by atoms with Crippen molar-refractivity contribution in [2.75, 3.05) is 24.5 Å². The van der Waals surface area contributed by atoms with Gasteiger partial charge in [0, 0.05) is 42.5 Å². The van der Waals surface area contributed by atoms with Crippen LogP contribution in [-0.4, -0.2) is 67.1 Å². The van der Waals surface area contributed by atoms with Gasteiger partial charge < -0.3 is 15.6 Å². The molecular weight excluding hydrogens is 440 g/mol. The zero-order valence-corrected chi connectivity index (χ0v) is 20.7. The molecule has 4 aromatic heterocycles. The summed E-state index contributed by atoms with van der Waals surface area (Å²) in [5, 5.41) is 4.39. The van der Waals surface area contributed by atoms with Gasteiger partial charge >= 0.3 is 0 Å². The lowest BCUT2D eigenvalue weighted by atomic mass is 9.95. The van der Waals surface area contributed by atoms with Crippen LogP contribution in [0.5, 0.6) is 0 Å². The van der Waals surface area contributed by atoms with Crippen molar-refractivity contribution in [2.45, 2.75) is 58.5 Å². The number of amides is 1. The van der Waals surface area contributed by atoms with Crippen LogP contribution >= 0.6 is 0 Å². The Labute approximate surface area is 204 Å². The Morgan fingerprint density at radius 2 is 2.06 bits per heavy atom. The van der Waals surface area contributed by atoms with Crippen molar-refractivity contribution in [2.24, 2.45) is 5.73 Å². The van der Waals surface area contributed by atoms with Gasteiger partial charge in [0.25, 0.3) is 0 Å². The largest absolute Gasteiger partial charge is 0.369 e. The van der Waals surface area contributed by atoms with Crippen LogP contribution in [0.25, 0.3) is 27.9 Å². The molecule has 0 unspecified atom stereocenters. The average molecular weight is 473 g/mol. The number of carbonyl (C=O) groups is 1. The van der Waals surface area contributed by atoms with E-state index in [4.69, 9.17) is 10.7 Å². The molecule has 2 fully saturated rings. The maximum atomic E-state index is 11.5. The van der Waals surface area contributed by atoms with Crippen LogP contribution in [-0.2, 0) is 4.79 Å². The van der Waals surface area contributed by atoms with Crippen molar-refractivity contribution in [3.05, 3.63) is 41.3 Å². The van der Waals surface area contributed by atoms with Crippen molar-refractivity contribution in [1.29, 1.82) is 0 Å². The predicted octanol–water partition coefficient (Wildman–Crippen LogP) is 3.15. The highest BCUT2D eigenvalue weighted by Crippen LogP contribution is 2.39. The Morgan fingerprint density at radius 1 is 1.23 bits per heavy atom. The molecule has 2 aliphatic rings. The monoisotopic (exact) mass is 472 g/mol. The number of nitrogens with one attached hydrogen (secondary N) is 1. The van der Waals surface area contributed by atoms with E-state index >= 15 is 0 Å². The summed E-state index contributed by atoms with van der Waals surface area (Å²) in [5.41, 5.74) is 14.2. The first-order valence-electron chi connectivity index (χ1n) is 12.4. The van der Waals surface area contributed by atoms with Crippen LogP contribution in [0.3, 0.4) is 0 Å². The molecule has 0 aliphatic carbocycles. The van der Waals surface area contributed by atoms with E-state index in [2.05, 4.69) is 70.9 Å². The number of nitrogens with two attached hydrogens (primary N) is 1. The van der Waals surface area contributed by atoms with Gasteiger partial charge in [0.15, 0.2) is 5.65 Å². The first kappa shape index (κ1) is 22.0. The molecule has 0 saturated carbocycles. The van der Waals surface area contributed by atoms with Crippen molar-refractivity contribution in [3.63, 3.8) is 0 Å². The van der Waals surface area contributed by atoms with Gasteiger partial charge in [0.2, 0.25) is 5.91 Å². The summed E-state index contributed by atoms with van der Waals surface area (Å²) >= 11 is 0. The molecule has 35 heavy (non-hydrogen) atoms. The SMILES string of the molecule is Cc1c(-c2[nH]c3ccc(N4C[C@@H]5C[C@H]4CCN5CC(N)=O)nc3c2C(C)C)cn2ncnc2c1C. The molecule has 0 radical (unpaired) electrons. The topological polar surface area (TPSA) is 108 Å². The molecule has 2 atom stereocenters. The van der Waals surface area contributed by atoms with Gasteiger partial charge in [0.05, 0.1) is 23.3 Å². The van der Waals surface area contributed by atoms with Crippen LogP contribution in [0.4, 0.5) is 5.82 Å². The number of hydrogen-bond donors (Lipinski definition) is 2. The summed E-state index contributed by atoms with van der Waals surface area (Å²) in [6.45, 7) is 10.8. The third-order valence-electron chi connectivity index (χ3n) is 7.95. The summed E-state index contributed by atoms with van der Waals surface area (Å²) in [6, 6.07) is 5.09. The molecule has 9 heteroatoms. The summed E-state index contributed by atoms with van der Waals surface area (Å²) in [7, 11) is 0. The number of aryl methyl sites for hydroxylation is 1. The smallest absolute Gasteiger partial charge is 0.231 e. The Kier molecular flexibility index (Phi) is 5.07. The van der Waals surface area contributed by atoms with E-state index < -0.39 is 0 Å². The second-order valence-corrected chi connectivity index (χ2v) is 10.4. The van der Waals surface area contributed by atoms with Gasteiger partial charge in [-0.05, 0) is 55.9 Å². The zero-order valence-electron chi connectivity index (χ0n) is 20.7. The third-order valence-corrected chi connectivity index (χ3v) is 7.95. The van der Waals surface area contributed by atoms with Crippen LogP contribution in [0.1, 0.15) is 49.3 Å². The van der Waals surface area contributed by atoms with Crippen LogP contribution in [0.2, 0.25) is 0 Å². The highest BCUT2D eigenvalue weighted by molar-refractivity contribution is 5.90. The van der Waals surface area contributed by atoms with Crippen LogP contribution in [0.15, 0.2) is 24.7 Å². The van der Waals surface area contributed by atoms with E-state index in [0.717, 1.165) is 65.3 Å². The molecule has 2 bridgehead atoms. The molecule has 2 aliphatic heterocycles. The fourth-order valence-corrected chi connectivity index (χ4v) is 6.08. The second kappa shape index (κ2) is 8.05. The molecule has 0 spiro atoms. The summed E-state index contributed by atoms with van der Waals surface area (Å²) in [5.74, 6) is 1.05. The van der Waals surface area contributed by atoms with Gasteiger partial charge in [-0.15, -0.1) is 0 Å². The number of piperidine rings is 1. The molecule has 1 amide bonds. The highest BCUT2D eigenvalue weighted by Gasteiger charge is 2.40. The quantitative estimate of drug-likeness (QED) is 0.462. The maximum Gasteiger partial charge on any atom is 0.231 e. The lowest BCUT2D eigenvalue weighted by Gasteiger charge is -2.31. The van der Waals surface area contributed by atoms with Gasteiger partial charge in [0.1, 0.15) is 12.1 Å². The van der Waals surface area contributed by atoms with E-state index in [1.807, 2.05) is 4.52 Å². The number of rotatable bonds is 5. The van der Waals surface area contributed by atoms with Gasteiger partial charge in [-0.3, -0.25) is 9.69 Å². The fourth-order valence-electron chi connectivity index (χ4n) is 6.08. The number of carbonyl (C=O) groups excluding carboxylic acids is 1. The number of primary amides is 1. The van der Waals surface area contributed by atoms with Crippen molar-refractivity contribution < 1.29 is 4.79 Å². The molecule has 3 N–H and O–H groups in total. The Bertz CT molecular complexity index is 1450. The number of aromatic nitrogens is 5. The lowest BCUT2D eigenvalue weighted by molar-refractivity contribution is -0.119. The molecule has 4 aromatic rings.